The molecule has 19 heavy (non-hydrogen) atoms. The maximum atomic E-state index is 11.6. The Balaban J connectivity index is 2.22. The first-order valence-corrected chi connectivity index (χ1v) is 8.32. The molecule has 0 bridgehead atoms. The van der Waals surface area contributed by atoms with Gasteiger partial charge in [-0.25, -0.2) is 13.4 Å². The van der Waals surface area contributed by atoms with E-state index in [1.54, 1.807) is 29.7 Å². The maximum absolute atomic E-state index is 11.6. The first kappa shape index (κ1) is 13.8. The van der Waals surface area contributed by atoms with Crippen LogP contribution in [0.25, 0.3) is 0 Å². The third-order valence-corrected chi connectivity index (χ3v) is 4.66. The predicted octanol–water partition coefficient (Wildman–Crippen LogP) is 2.05. The van der Waals surface area contributed by atoms with Gasteiger partial charge in [-0.15, -0.1) is 11.3 Å². The van der Waals surface area contributed by atoms with Crippen LogP contribution in [0.2, 0.25) is 0 Å². The summed E-state index contributed by atoms with van der Waals surface area (Å²) in [5.74, 6) is 0. The molecule has 0 radical (unpaired) electrons. The number of nitrogens with zero attached hydrogens (tertiary/aromatic N) is 1. The van der Waals surface area contributed by atoms with E-state index >= 15 is 0 Å². The number of hydrogen-bond donors (Lipinski definition) is 2. The molecule has 1 heterocycles. The zero-order valence-electron chi connectivity index (χ0n) is 10.7. The van der Waals surface area contributed by atoms with Crippen molar-refractivity contribution in [3.63, 3.8) is 0 Å². The molecule has 0 saturated carbocycles. The van der Waals surface area contributed by atoms with E-state index in [0.717, 1.165) is 16.1 Å². The van der Waals surface area contributed by atoms with Gasteiger partial charge in [0.15, 0.2) is 9.84 Å². The number of hydrogen-bond acceptors (Lipinski definition) is 6. The van der Waals surface area contributed by atoms with Crippen molar-refractivity contribution >= 4 is 32.5 Å². The molecule has 7 heteroatoms. The van der Waals surface area contributed by atoms with Crippen LogP contribution in [0.3, 0.4) is 0 Å². The number of nitrogens with one attached hydrogen (secondary N) is 1. The zero-order valence-corrected chi connectivity index (χ0v) is 12.3. The summed E-state index contributed by atoms with van der Waals surface area (Å²) in [6, 6.07) is 4.94. The molecule has 0 spiro atoms. The number of rotatable bonds is 4. The van der Waals surface area contributed by atoms with Gasteiger partial charge in [0, 0.05) is 17.3 Å². The Morgan fingerprint density at radius 1 is 1.42 bits per heavy atom. The molecule has 0 aliphatic carbocycles. The molecule has 0 aliphatic heterocycles. The van der Waals surface area contributed by atoms with Gasteiger partial charge < -0.3 is 11.1 Å². The largest absolute Gasteiger partial charge is 0.396 e. The number of aromatic nitrogens is 1. The molecule has 1 aromatic carbocycles. The van der Waals surface area contributed by atoms with Gasteiger partial charge in [-0.2, -0.15) is 0 Å². The highest BCUT2D eigenvalue weighted by Crippen LogP contribution is 2.27. The molecule has 2 rings (SSSR count). The predicted molar refractivity (Wildman–Crippen MR) is 78.1 cm³/mol. The van der Waals surface area contributed by atoms with Crippen LogP contribution < -0.4 is 11.1 Å². The fourth-order valence-electron chi connectivity index (χ4n) is 1.69. The van der Waals surface area contributed by atoms with E-state index in [-0.39, 0.29) is 10.6 Å². The fraction of sp³-hybridized carbons (Fsp3) is 0.250. The summed E-state index contributed by atoms with van der Waals surface area (Å²) in [6.07, 6.45) is 2.94. The van der Waals surface area contributed by atoms with Gasteiger partial charge in [0.05, 0.1) is 27.8 Å². The van der Waals surface area contributed by atoms with Crippen LogP contribution in [0.4, 0.5) is 11.4 Å². The molecule has 3 N–H and O–H groups in total. The van der Waals surface area contributed by atoms with Crippen molar-refractivity contribution in [2.45, 2.75) is 18.4 Å². The Labute approximate surface area is 116 Å². The molecule has 5 nitrogen and oxygen atoms in total. The van der Waals surface area contributed by atoms with Crippen LogP contribution in [0, 0.1) is 6.92 Å². The first-order chi connectivity index (χ1) is 8.88. The number of nitrogens with two attached hydrogens (primary N) is 1. The highest BCUT2D eigenvalue weighted by molar-refractivity contribution is 7.90. The van der Waals surface area contributed by atoms with Crippen LogP contribution in [0.1, 0.15) is 9.88 Å². The van der Waals surface area contributed by atoms with Crippen LogP contribution in [-0.2, 0) is 16.4 Å². The summed E-state index contributed by atoms with van der Waals surface area (Å²) < 4.78 is 23.1. The second-order valence-corrected chi connectivity index (χ2v) is 7.49. The van der Waals surface area contributed by atoms with Gasteiger partial charge in [0.1, 0.15) is 0 Å². The van der Waals surface area contributed by atoms with E-state index in [4.69, 9.17) is 5.73 Å². The Hall–Kier alpha value is -1.60. The van der Waals surface area contributed by atoms with E-state index in [2.05, 4.69) is 10.3 Å². The van der Waals surface area contributed by atoms with Crippen LogP contribution in [0.5, 0.6) is 0 Å². The molecule has 0 atom stereocenters. The SMILES string of the molecule is Cc1ncc(CNc2cccc(S(C)(=O)=O)c2N)s1. The van der Waals surface area contributed by atoms with E-state index in [0.29, 0.717) is 12.2 Å². The Bertz CT molecular complexity index is 693. The Kier molecular flexibility index (Phi) is 3.77. The molecule has 1 aromatic heterocycles. The maximum Gasteiger partial charge on any atom is 0.177 e. The average Bonchev–Trinajstić information content (AvgIpc) is 2.72. The van der Waals surface area contributed by atoms with Crippen molar-refractivity contribution in [2.75, 3.05) is 17.3 Å². The average molecular weight is 297 g/mol. The van der Waals surface area contributed by atoms with Crippen molar-refractivity contribution in [3.05, 3.63) is 34.3 Å². The quantitative estimate of drug-likeness (QED) is 0.844. The lowest BCUT2D eigenvalue weighted by atomic mass is 10.2. The molecule has 2 aromatic rings. The first-order valence-electron chi connectivity index (χ1n) is 5.61. The van der Waals surface area contributed by atoms with Crippen molar-refractivity contribution < 1.29 is 8.42 Å². The van der Waals surface area contributed by atoms with Crippen molar-refractivity contribution in [1.82, 2.24) is 4.98 Å². The second kappa shape index (κ2) is 5.18. The van der Waals surface area contributed by atoms with Crippen LogP contribution >= 0.6 is 11.3 Å². The van der Waals surface area contributed by atoms with Crippen LogP contribution in [-0.4, -0.2) is 19.7 Å². The highest BCUT2D eigenvalue weighted by atomic mass is 32.2. The molecular weight excluding hydrogens is 282 g/mol. The Morgan fingerprint density at radius 3 is 2.74 bits per heavy atom. The number of anilines is 2. The van der Waals surface area contributed by atoms with E-state index in [1.807, 2.05) is 6.92 Å². The normalized spacial score (nSPS) is 11.5. The lowest BCUT2D eigenvalue weighted by molar-refractivity contribution is 0.602. The zero-order chi connectivity index (χ0) is 14.0. The smallest absolute Gasteiger partial charge is 0.177 e. The topological polar surface area (TPSA) is 85.1 Å². The molecule has 0 fully saturated rings. The monoisotopic (exact) mass is 297 g/mol. The molecule has 0 amide bonds. The van der Waals surface area contributed by atoms with Gasteiger partial charge in [0.2, 0.25) is 0 Å². The van der Waals surface area contributed by atoms with Gasteiger partial charge >= 0.3 is 0 Å². The number of aryl methyl sites for hydroxylation is 1. The van der Waals surface area contributed by atoms with Gasteiger partial charge in [0.25, 0.3) is 0 Å². The number of benzene rings is 1. The summed E-state index contributed by atoms with van der Waals surface area (Å²) >= 11 is 1.59. The van der Waals surface area contributed by atoms with Gasteiger partial charge in [-0.3, -0.25) is 0 Å². The van der Waals surface area contributed by atoms with Crippen molar-refractivity contribution in [3.8, 4) is 0 Å². The summed E-state index contributed by atoms with van der Waals surface area (Å²) in [6.45, 7) is 2.51. The van der Waals surface area contributed by atoms with Crippen molar-refractivity contribution in [2.24, 2.45) is 0 Å². The van der Waals surface area contributed by atoms with Gasteiger partial charge in [-0.05, 0) is 19.1 Å². The Morgan fingerprint density at radius 2 is 2.16 bits per heavy atom. The molecule has 0 saturated heterocycles. The number of nitrogen functional groups attached to an aromatic ring is 1. The molecular formula is C12H15N3O2S2. The lowest BCUT2D eigenvalue weighted by Crippen LogP contribution is -2.07. The minimum atomic E-state index is -3.31. The minimum absolute atomic E-state index is 0.151. The van der Waals surface area contributed by atoms with E-state index in [9.17, 15) is 8.42 Å². The third kappa shape index (κ3) is 3.24. The summed E-state index contributed by atoms with van der Waals surface area (Å²) in [5.41, 5.74) is 6.76. The summed E-state index contributed by atoms with van der Waals surface area (Å²) in [7, 11) is -3.31. The van der Waals surface area contributed by atoms with E-state index in [1.165, 1.54) is 6.07 Å². The minimum Gasteiger partial charge on any atom is -0.396 e. The van der Waals surface area contributed by atoms with Crippen molar-refractivity contribution in [1.29, 1.82) is 0 Å². The second-order valence-electron chi connectivity index (χ2n) is 4.19. The molecule has 0 unspecified atom stereocenters. The molecule has 102 valence electrons. The highest BCUT2D eigenvalue weighted by Gasteiger charge is 2.13. The number of sulfone groups is 1. The number of para-hydroxylation sites is 1. The fourth-order valence-corrected chi connectivity index (χ4v) is 3.26. The molecule has 0 aliphatic rings. The van der Waals surface area contributed by atoms with E-state index < -0.39 is 9.84 Å². The number of thiazole rings is 1. The standard InChI is InChI=1S/C12H15N3O2S2/c1-8-14-6-9(18-8)7-15-10-4-3-5-11(12(10)13)19(2,16)17/h3-6,15H,7,13H2,1-2H3. The summed E-state index contributed by atoms with van der Waals surface area (Å²) in [5, 5.41) is 4.13. The van der Waals surface area contributed by atoms with Crippen LogP contribution in [0.15, 0.2) is 29.3 Å². The summed E-state index contributed by atoms with van der Waals surface area (Å²) in [4.78, 5) is 5.38. The lowest BCUT2D eigenvalue weighted by Gasteiger charge is -2.11. The van der Waals surface area contributed by atoms with Gasteiger partial charge in [-0.1, -0.05) is 6.07 Å². The third-order valence-electron chi connectivity index (χ3n) is 2.59.